The van der Waals surface area contributed by atoms with Crippen molar-refractivity contribution in [2.75, 3.05) is 0 Å². The normalized spacial score (nSPS) is 10.9. The molecule has 28 heavy (non-hydrogen) atoms. The van der Waals surface area contributed by atoms with Gasteiger partial charge >= 0.3 is 5.97 Å². The average Bonchev–Trinajstić information content (AvgIpc) is 3.04. The van der Waals surface area contributed by atoms with Crippen LogP contribution in [0.5, 0.6) is 5.75 Å². The van der Waals surface area contributed by atoms with E-state index in [1.54, 1.807) is 12.1 Å². The minimum Gasteiger partial charge on any atom is -0.488 e. The molecule has 0 unspecified atom stereocenters. The number of carbonyl (C=O) groups is 1. The summed E-state index contributed by atoms with van der Waals surface area (Å²) in [7, 11) is 0. The summed E-state index contributed by atoms with van der Waals surface area (Å²) in [5, 5.41) is 10.8. The van der Waals surface area contributed by atoms with Gasteiger partial charge in [-0.2, -0.15) is 0 Å². The van der Waals surface area contributed by atoms with Crippen molar-refractivity contribution < 1.29 is 14.6 Å². The number of hydrogen-bond acceptors (Lipinski definition) is 2. The first kappa shape index (κ1) is 18.1. The van der Waals surface area contributed by atoms with Gasteiger partial charge in [0.1, 0.15) is 12.4 Å². The van der Waals surface area contributed by atoms with Crippen molar-refractivity contribution in [2.45, 2.75) is 13.0 Å². The number of hydrogen-bond donors (Lipinski definition) is 2. The lowest BCUT2D eigenvalue weighted by molar-refractivity contribution is -0.136. The Hall–Kier alpha value is -3.24. The maximum atomic E-state index is 11.5. The Bertz CT molecular complexity index is 1140. The predicted molar refractivity (Wildman–Crippen MR) is 111 cm³/mol. The predicted octanol–water partition coefficient (Wildman–Crippen LogP) is 5.69. The molecule has 0 aliphatic rings. The smallest absolute Gasteiger partial charge is 0.307 e. The van der Waals surface area contributed by atoms with E-state index in [2.05, 4.69) is 4.98 Å². The summed E-state index contributed by atoms with van der Waals surface area (Å²) in [6.07, 6.45) is -0.108. The summed E-state index contributed by atoms with van der Waals surface area (Å²) in [6.45, 7) is 0.429. The van der Waals surface area contributed by atoms with Crippen molar-refractivity contribution in [1.29, 1.82) is 0 Å². The number of halogens is 1. The molecule has 4 rings (SSSR count). The Morgan fingerprint density at radius 1 is 1.00 bits per heavy atom. The second-order valence-corrected chi connectivity index (χ2v) is 6.95. The molecule has 1 aromatic heterocycles. The van der Waals surface area contributed by atoms with E-state index in [0.29, 0.717) is 22.9 Å². The van der Waals surface area contributed by atoms with Crippen LogP contribution in [0, 0.1) is 0 Å². The third-order valence-electron chi connectivity index (χ3n) is 4.59. The quantitative estimate of drug-likeness (QED) is 0.443. The molecule has 0 bridgehead atoms. The van der Waals surface area contributed by atoms with Crippen molar-refractivity contribution >= 4 is 28.5 Å². The number of ether oxygens (including phenoxy) is 1. The zero-order valence-corrected chi connectivity index (χ0v) is 15.7. The molecule has 0 fully saturated rings. The summed E-state index contributed by atoms with van der Waals surface area (Å²) in [6, 6.07) is 23.0. The zero-order valence-electron chi connectivity index (χ0n) is 15.0. The van der Waals surface area contributed by atoms with Gasteiger partial charge in [0.15, 0.2) is 0 Å². The maximum Gasteiger partial charge on any atom is 0.307 e. The summed E-state index contributed by atoms with van der Waals surface area (Å²) in [4.78, 5) is 14.8. The molecule has 0 saturated heterocycles. The van der Waals surface area contributed by atoms with Crippen molar-refractivity contribution in [1.82, 2.24) is 4.98 Å². The Morgan fingerprint density at radius 2 is 1.75 bits per heavy atom. The van der Waals surface area contributed by atoms with E-state index in [1.807, 2.05) is 60.7 Å². The SMILES string of the molecule is O=C(O)Cc1c(-c2ccccc2OCc2ccccc2)[nH]c2ccc(Cl)cc12. The molecular formula is C23H18ClNO3. The molecule has 0 radical (unpaired) electrons. The number of rotatable bonds is 6. The first-order valence-corrected chi connectivity index (χ1v) is 9.27. The molecule has 3 aromatic carbocycles. The monoisotopic (exact) mass is 391 g/mol. The number of aliphatic carboxylic acids is 1. The molecule has 140 valence electrons. The summed E-state index contributed by atoms with van der Waals surface area (Å²) in [5.74, 6) is -0.208. The largest absolute Gasteiger partial charge is 0.488 e. The fourth-order valence-corrected chi connectivity index (χ4v) is 3.49. The molecule has 4 aromatic rings. The lowest BCUT2D eigenvalue weighted by atomic mass is 10.0. The Labute approximate surface area is 167 Å². The van der Waals surface area contributed by atoms with Gasteiger partial charge in [-0.25, -0.2) is 0 Å². The standard InChI is InChI=1S/C23H18ClNO3/c24-16-10-11-20-18(12-16)19(13-22(26)27)23(25-20)17-8-4-5-9-21(17)28-14-15-6-2-1-3-7-15/h1-12,25H,13-14H2,(H,26,27). The number of para-hydroxylation sites is 1. The van der Waals surface area contributed by atoms with Crippen LogP contribution in [-0.4, -0.2) is 16.1 Å². The topological polar surface area (TPSA) is 62.3 Å². The van der Waals surface area contributed by atoms with E-state index in [4.69, 9.17) is 16.3 Å². The highest BCUT2D eigenvalue weighted by Gasteiger charge is 2.19. The number of nitrogens with one attached hydrogen (secondary N) is 1. The Kier molecular flexibility index (Phi) is 5.04. The minimum absolute atomic E-state index is 0.108. The molecule has 0 aliphatic heterocycles. The highest BCUT2D eigenvalue weighted by atomic mass is 35.5. The average molecular weight is 392 g/mol. The van der Waals surface area contributed by atoms with Crippen LogP contribution in [0.2, 0.25) is 5.02 Å². The van der Waals surface area contributed by atoms with Gasteiger partial charge in [0.2, 0.25) is 0 Å². The second kappa shape index (κ2) is 7.79. The Balaban J connectivity index is 1.78. The van der Waals surface area contributed by atoms with Gasteiger partial charge in [-0.1, -0.05) is 54.1 Å². The maximum absolute atomic E-state index is 11.5. The molecule has 2 N–H and O–H groups in total. The molecule has 0 amide bonds. The van der Waals surface area contributed by atoms with Gasteiger partial charge < -0.3 is 14.8 Å². The number of H-pyrrole nitrogens is 1. The van der Waals surface area contributed by atoms with Crippen LogP contribution in [0.4, 0.5) is 0 Å². The van der Waals surface area contributed by atoms with E-state index in [9.17, 15) is 9.90 Å². The van der Waals surface area contributed by atoms with Gasteiger partial charge in [0.25, 0.3) is 0 Å². The zero-order chi connectivity index (χ0) is 19.5. The van der Waals surface area contributed by atoms with Crippen LogP contribution in [-0.2, 0) is 17.8 Å². The fourth-order valence-electron chi connectivity index (χ4n) is 3.32. The number of fused-ring (bicyclic) bond motifs is 1. The first-order valence-electron chi connectivity index (χ1n) is 8.90. The van der Waals surface area contributed by atoms with Gasteiger partial charge in [-0.3, -0.25) is 4.79 Å². The number of aromatic amines is 1. The van der Waals surface area contributed by atoms with Crippen molar-refractivity contribution in [3.8, 4) is 17.0 Å². The molecule has 0 atom stereocenters. The van der Waals surface area contributed by atoms with E-state index in [0.717, 1.165) is 27.7 Å². The molecule has 4 nitrogen and oxygen atoms in total. The summed E-state index contributed by atoms with van der Waals surface area (Å²) < 4.78 is 6.06. The van der Waals surface area contributed by atoms with E-state index in [1.165, 1.54) is 0 Å². The highest BCUT2D eigenvalue weighted by molar-refractivity contribution is 6.31. The minimum atomic E-state index is -0.898. The van der Waals surface area contributed by atoms with Crippen LogP contribution in [0.15, 0.2) is 72.8 Å². The van der Waals surface area contributed by atoms with E-state index >= 15 is 0 Å². The van der Waals surface area contributed by atoms with Crippen LogP contribution in [0.25, 0.3) is 22.2 Å². The van der Waals surface area contributed by atoms with E-state index in [-0.39, 0.29) is 6.42 Å². The lowest BCUT2D eigenvalue weighted by Gasteiger charge is -2.12. The van der Waals surface area contributed by atoms with Crippen LogP contribution in [0.1, 0.15) is 11.1 Å². The number of aromatic nitrogens is 1. The summed E-state index contributed by atoms with van der Waals surface area (Å²) >= 11 is 6.15. The van der Waals surface area contributed by atoms with Gasteiger partial charge in [0.05, 0.1) is 12.1 Å². The van der Waals surface area contributed by atoms with Crippen molar-refractivity contribution in [2.24, 2.45) is 0 Å². The Morgan fingerprint density at radius 3 is 2.54 bits per heavy atom. The van der Waals surface area contributed by atoms with Crippen LogP contribution < -0.4 is 4.74 Å². The van der Waals surface area contributed by atoms with Crippen LogP contribution >= 0.6 is 11.6 Å². The number of benzene rings is 3. The molecular weight excluding hydrogens is 374 g/mol. The third-order valence-corrected chi connectivity index (χ3v) is 4.82. The summed E-state index contributed by atoms with van der Waals surface area (Å²) in [5.41, 5.74) is 4.16. The molecule has 1 heterocycles. The molecule has 0 spiro atoms. The van der Waals surface area contributed by atoms with E-state index < -0.39 is 5.97 Å². The second-order valence-electron chi connectivity index (χ2n) is 6.51. The fraction of sp³-hybridized carbons (Fsp3) is 0.0870. The molecule has 0 aliphatic carbocycles. The number of carboxylic acid groups (broad SMARTS) is 1. The molecule has 0 saturated carbocycles. The van der Waals surface area contributed by atoms with Gasteiger partial charge in [-0.05, 0) is 41.5 Å². The van der Waals surface area contributed by atoms with Crippen molar-refractivity contribution in [3.63, 3.8) is 0 Å². The van der Waals surface area contributed by atoms with Gasteiger partial charge in [-0.15, -0.1) is 0 Å². The number of carboxylic acids is 1. The van der Waals surface area contributed by atoms with Gasteiger partial charge in [0, 0.05) is 21.5 Å². The van der Waals surface area contributed by atoms with Crippen LogP contribution in [0.3, 0.4) is 0 Å². The highest BCUT2D eigenvalue weighted by Crippen LogP contribution is 2.37. The third kappa shape index (κ3) is 3.73. The van der Waals surface area contributed by atoms with Crippen molar-refractivity contribution in [3.05, 3.63) is 88.9 Å². The lowest BCUT2D eigenvalue weighted by Crippen LogP contribution is -2.02. The molecule has 5 heteroatoms. The first-order chi connectivity index (χ1) is 13.6.